The van der Waals surface area contributed by atoms with Gasteiger partial charge < -0.3 is 42.9 Å². The first-order chi connectivity index (χ1) is 4.00. The Morgan fingerprint density at radius 3 is 1.00 bits per heavy atom. The van der Waals surface area contributed by atoms with E-state index in [1.165, 1.54) is 0 Å². The van der Waals surface area contributed by atoms with Gasteiger partial charge in [0.1, 0.15) is 0 Å². The third-order valence-electron chi connectivity index (χ3n) is 0. The van der Waals surface area contributed by atoms with Crippen molar-refractivity contribution in [3.8, 4) is 0 Å². The molecule has 0 spiro atoms. The van der Waals surface area contributed by atoms with Gasteiger partial charge in [-0.2, -0.15) is 0 Å². The summed E-state index contributed by atoms with van der Waals surface area (Å²) < 4.78 is 8.88. The fraction of sp³-hybridized carbons (Fsp3) is 0. The van der Waals surface area contributed by atoms with Gasteiger partial charge in [0.2, 0.25) is 0 Å². The molecule has 0 aliphatic carbocycles. The van der Waals surface area contributed by atoms with Gasteiger partial charge in [-0.15, -0.1) is 0 Å². The zero-order valence-electron chi connectivity index (χ0n) is 5.74. The molecule has 0 atom stereocenters. The quantitative estimate of drug-likeness (QED) is 0.293. The molecule has 0 aliphatic heterocycles. The summed E-state index contributed by atoms with van der Waals surface area (Å²) in [6.45, 7) is 0. The van der Waals surface area contributed by atoms with Gasteiger partial charge in [0.05, 0.1) is 0 Å². The summed E-state index contributed by atoms with van der Waals surface area (Å²) in [5.74, 6) is 0. The molecule has 12 heteroatoms. The second kappa shape index (κ2) is 9.95. The minimum Gasteiger partial charge on any atom is -0.894 e. The van der Waals surface area contributed by atoms with Crippen LogP contribution in [0.15, 0.2) is 0 Å². The van der Waals surface area contributed by atoms with Crippen LogP contribution in [0.5, 0.6) is 0 Å². The van der Waals surface area contributed by atoms with Gasteiger partial charge in [-0.05, 0) is 0 Å². The minimum absolute atomic E-state index is 0. The normalized spacial score (nSPS) is 9.92. The van der Waals surface area contributed by atoms with Crippen LogP contribution in [0.25, 0.3) is 0 Å². The van der Waals surface area contributed by atoms with Crippen LogP contribution in [0, 0.1) is 0 Å². The van der Waals surface area contributed by atoms with E-state index < -0.39 is 16.9 Å². The van der Waals surface area contributed by atoms with Crippen molar-refractivity contribution >= 4 is 85.4 Å². The predicted molar refractivity (Wildman–Crippen MR) is 31.5 cm³/mol. The zero-order valence-corrected chi connectivity index (χ0v) is 12.5. The largest absolute Gasteiger partial charge is 2.00 e. The molecule has 0 bridgehead atoms. The van der Waals surface area contributed by atoms with Crippen LogP contribution in [0.3, 0.4) is 0 Å². The Kier molecular flexibility index (Phi) is 19.8. The smallest absolute Gasteiger partial charge is 0.894 e. The van der Waals surface area contributed by atoms with Crippen LogP contribution >= 0.6 is 7.82 Å². The van der Waals surface area contributed by atoms with Crippen molar-refractivity contribution < 1.29 is 38.4 Å². The molecule has 0 unspecified atom stereocenters. The topological polar surface area (TPSA) is 170 Å². The van der Waals surface area contributed by atoms with Crippen LogP contribution in [0.1, 0.15) is 0 Å². The molecule has 0 rings (SSSR count). The molecule has 0 aliphatic rings. The minimum atomic E-state index is -5.61. The van der Waals surface area contributed by atoms with Crippen LogP contribution in [0.2, 0.25) is 0 Å². The summed E-state index contributed by atoms with van der Waals surface area (Å²) in [7, 11) is -10.2. The molecule has 0 aromatic carbocycles. The van der Waals surface area contributed by atoms with Crippen LogP contribution in [0.4, 0.5) is 0 Å². The Bertz CT molecular complexity index is 111. The van der Waals surface area contributed by atoms with Crippen molar-refractivity contribution in [2.24, 2.45) is 0 Å². The van der Waals surface area contributed by atoms with Gasteiger partial charge in [-0.3, -0.25) is 0 Å². The number of rotatable bonds is 0. The maximum atomic E-state index is 8.88. The zero-order chi connectivity index (χ0) is 9.00. The van der Waals surface area contributed by atoms with Crippen LogP contribution < -0.4 is 19.2 Å². The molecular formula is H3MgO8PSiSr. The van der Waals surface area contributed by atoms with E-state index in [-0.39, 0.29) is 68.5 Å². The number of hydrogen-bond acceptors (Lipinski definition) is 5. The van der Waals surface area contributed by atoms with E-state index >= 15 is 0 Å². The Morgan fingerprint density at radius 1 is 1.00 bits per heavy atom. The molecule has 0 fully saturated rings. The molecule has 64 valence electrons. The van der Waals surface area contributed by atoms with Crippen molar-refractivity contribution in [3.05, 3.63) is 0 Å². The average Bonchev–Trinajstić information content (AvgIpc) is 1.12. The van der Waals surface area contributed by atoms with Gasteiger partial charge in [-0.1, -0.05) is 0 Å². The first-order valence-electron chi connectivity index (χ1n) is 1.60. The fourth-order valence-electron chi connectivity index (χ4n) is 0. The molecule has 0 heterocycles. The standard InChI is InChI=1S/Mg.H3O4P.O4Si.Sr/c;2*1-5(2,3)4;/h;(H3,1,2,3,4);;/q+2;;-4;+2. The van der Waals surface area contributed by atoms with Crippen LogP contribution in [-0.2, 0) is 4.57 Å². The van der Waals surface area contributed by atoms with E-state index in [2.05, 4.69) is 0 Å². The van der Waals surface area contributed by atoms with Crippen molar-refractivity contribution in [2.45, 2.75) is 0 Å². The Hall–Kier alpha value is 2.41. The molecule has 0 amide bonds. The number of hydrogen-bond donors (Lipinski definition) is 3. The SMILES string of the molecule is O=P(O)(O)O.[Mg+2].[O-][Si]([O-])([O-])[O-].[Sr+2]. The second-order valence-electron chi connectivity index (χ2n) is 1.01. The number of phosphoric acid groups is 1. The fourth-order valence-corrected chi connectivity index (χ4v) is 0. The second-order valence-corrected chi connectivity index (χ2v) is 3.04. The summed E-state index contributed by atoms with van der Waals surface area (Å²) in [4.78, 5) is 55.9. The maximum absolute atomic E-state index is 8.88. The monoisotopic (exact) mass is 302 g/mol. The Labute approximate surface area is 122 Å². The molecule has 0 radical (unpaired) electrons. The van der Waals surface area contributed by atoms with Gasteiger partial charge in [0.15, 0.2) is 0 Å². The van der Waals surface area contributed by atoms with Crippen molar-refractivity contribution in [1.29, 1.82) is 0 Å². The van der Waals surface area contributed by atoms with E-state index in [0.717, 1.165) is 0 Å². The molecule has 0 saturated heterocycles. The van der Waals surface area contributed by atoms with E-state index in [4.69, 9.17) is 38.4 Å². The molecule has 0 aromatic heterocycles. The molecule has 8 nitrogen and oxygen atoms in total. The summed E-state index contributed by atoms with van der Waals surface area (Å²) in [5, 5.41) is 0. The first-order valence-corrected chi connectivity index (χ1v) is 4.80. The molecule has 12 heavy (non-hydrogen) atoms. The Morgan fingerprint density at radius 2 is 1.00 bits per heavy atom. The summed E-state index contributed by atoms with van der Waals surface area (Å²) in [5.41, 5.74) is 0. The van der Waals surface area contributed by atoms with Gasteiger partial charge in [0, 0.05) is 0 Å². The van der Waals surface area contributed by atoms with E-state index in [0.29, 0.717) is 0 Å². The van der Waals surface area contributed by atoms with E-state index in [1.54, 1.807) is 0 Å². The van der Waals surface area contributed by atoms with E-state index in [1.807, 2.05) is 0 Å². The van der Waals surface area contributed by atoms with Crippen molar-refractivity contribution in [1.82, 2.24) is 0 Å². The van der Waals surface area contributed by atoms with Gasteiger partial charge in [0.25, 0.3) is 0 Å². The Balaban J connectivity index is -0.0000000457. The van der Waals surface area contributed by atoms with Gasteiger partial charge in [-0.25, -0.2) is 4.57 Å². The summed E-state index contributed by atoms with van der Waals surface area (Å²) >= 11 is 0. The molecule has 0 saturated carbocycles. The summed E-state index contributed by atoms with van der Waals surface area (Å²) in [6.07, 6.45) is 0. The van der Waals surface area contributed by atoms with Crippen LogP contribution in [-0.4, -0.2) is 92.3 Å². The first kappa shape index (κ1) is 23.9. The molecular weight excluding hydrogens is 299 g/mol. The van der Waals surface area contributed by atoms with Crippen molar-refractivity contribution in [2.75, 3.05) is 0 Å². The van der Waals surface area contributed by atoms with Crippen molar-refractivity contribution in [3.63, 3.8) is 0 Å². The maximum Gasteiger partial charge on any atom is 2.00 e. The van der Waals surface area contributed by atoms with E-state index in [9.17, 15) is 0 Å². The third-order valence-corrected chi connectivity index (χ3v) is 0. The third kappa shape index (κ3) is 278. The molecule has 0 aromatic rings. The average molecular weight is 302 g/mol. The predicted octanol–water partition coefficient (Wildman–Crippen LogP) is -6.83. The van der Waals surface area contributed by atoms with Gasteiger partial charge >= 0.3 is 76.4 Å². The molecule has 3 N–H and O–H groups in total. The summed E-state index contributed by atoms with van der Waals surface area (Å²) in [6, 6.07) is 0.